The summed E-state index contributed by atoms with van der Waals surface area (Å²) in [6.07, 6.45) is 13.8. The van der Waals surface area contributed by atoms with Gasteiger partial charge in [-0.05, 0) is 78.5 Å². The maximum absolute atomic E-state index is 13.4. The molecule has 1 fully saturated rings. The fourth-order valence-corrected chi connectivity index (χ4v) is 5.93. The van der Waals surface area contributed by atoms with Gasteiger partial charge in [0.25, 0.3) is 5.91 Å². The normalized spacial score (nSPS) is 15.1. The number of aryl methyl sites for hydroxylation is 1. The number of hydrogen-bond donors (Lipinski definition) is 2. The van der Waals surface area contributed by atoms with Crippen molar-refractivity contribution in [3.63, 3.8) is 0 Å². The Morgan fingerprint density at radius 3 is 2.59 bits per heavy atom. The van der Waals surface area contributed by atoms with Crippen LogP contribution in [0, 0.1) is 12.8 Å². The number of carbonyl (C=O) groups is 2. The van der Waals surface area contributed by atoms with E-state index in [1.807, 2.05) is 49.6 Å². The number of rotatable bonds is 14. The number of nitrogens with zero attached hydrogens (tertiary/aromatic N) is 1. The number of carbonyl (C=O) groups excluding carboxylic acids is 1. The van der Waals surface area contributed by atoms with Crippen LogP contribution in [-0.2, 0) is 16.1 Å². The number of amides is 1. The second-order valence-corrected chi connectivity index (χ2v) is 11.6. The molecule has 4 rings (SSSR count). The molecule has 2 unspecified atom stereocenters. The Morgan fingerprint density at radius 1 is 1.12 bits per heavy atom. The van der Waals surface area contributed by atoms with Gasteiger partial charge in [-0.3, -0.25) is 4.79 Å². The molecule has 1 heterocycles. The van der Waals surface area contributed by atoms with Gasteiger partial charge in [-0.15, -0.1) is 0 Å². The molecular weight excluding hydrogens is 531 g/mol. The number of aliphatic carboxylic acids is 1. The maximum atomic E-state index is 13.4. The third kappa shape index (κ3) is 9.51. The SMILES string of the molecule is CSCCC(NC(=O)c1ccc(COC(CCC2CCCCC2)c2cnco2)cc1-c1ccccc1C)C(=O)O.[LiH]. The molecular formula is C32H41LiN2O5S. The average Bonchev–Trinajstić information content (AvgIpc) is 3.51. The molecule has 0 aliphatic heterocycles. The Morgan fingerprint density at radius 2 is 1.90 bits per heavy atom. The topological polar surface area (TPSA) is 102 Å². The van der Waals surface area contributed by atoms with Crippen molar-refractivity contribution < 1.29 is 23.8 Å². The Bertz CT molecular complexity index is 1250. The molecule has 0 bridgehead atoms. The molecule has 0 radical (unpaired) electrons. The van der Waals surface area contributed by atoms with Gasteiger partial charge in [0, 0.05) is 5.56 Å². The van der Waals surface area contributed by atoms with Gasteiger partial charge in [0.15, 0.2) is 12.2 Å². The van der Waals surface area contributed by atoms with Gasteiger partial charge in [-0.25, -0.2) is 9.78 Å². The third-order valence-electron chi connectivity index (χ3n) is 7.76. The fourth-order valence-electron chi connectivity index (χ4n) is 5.46. The van der Waals surface area contributed by atoms with Crippen molar-refractivity contribution in [1.29, 1.82) is 0 Å². The van der Waals surface area contributed by atoms with Gasteiger partial charge in [0.05, 0.1) is 12.8 Å². The number of nitrogens with one attached hydrogen (secondary N) is 1. The number of thioether (sulfide) groups is 1. The summed E-state index contributed by atoms with van der Waals surface area (Å²) in [4.78, 5) is 29.3. The van der Waals surface area contributed by atoms with E-state index in [4.69, 9.17) is 9.15 Å². The van der Waals surface area contributed by atoms with E-state index >= 15 is 0 Å². The Hall–Kier alpha value is -2.50. The van der Waals surface area contributed by atoms with E-state index in [1.54, 1.807) is 24.0 Å². The number of carboxylic acids is 1. The van der Waals surface area contributed by atoms with E-state index < -0.39 is 17.9 Å². The van der Waals surface area contributed by atoms with Crippen molar-refractivity contribution in [2.24, 2.45) is 5.92 Å². The fraction of sp³-hybridized carbons (Fsp3) is 0.469. The van der Waals surface area contributed by atoms with Crippen molar-refractivity contribution in [2.75, 3.05) is 12.0 Å². The molecule has 41 heavy (non-hydrogen) atoms. The van der Waals surface area contributed by atoms with Crippen LogP contribution in [0.4, 0.5) is 0 Å². The molecule has 3 aromatic rings. The van der Waals surface area contributed by atoms with Crippen LogP contribution in [0.5, 0.6) is 0 Å². The average molecular weight is 573 g/mol. The number of ether oxygens (including phenoxy) is 1. The minimum absolute atomic E-state index is 0. The number of carboxylic acid groups (broad SMARTS) is 1. The van der Waals surface area contributed by atoms with Gasteiger partial charge in [-0.1, -0.05) is 62.4 Å². The number of benzene rings is 2. The van der Waals surface area contributed by atoms with Crippen molar-refractivity contribution in [3.05, 3.63) is 77.5 Å². The molecule has 0 spiro atoms. The van der Waals surface area contributed by atoms with E-state index in [9.17, 15) is 14.7 Å². The number of hydrogen-bond acceptors (Lipinski definition) is 6. The van der Waals surface area contributed by atoms with Gasteiger partial charge < -0.3 is 19.6 Å². The molecule has 1 aliphatic rings. The third-order valence-corrected chi connectivity index (χ3v) is 8.40. The first-order valence-corrected chi connectivity index (χ1v) is 15.6. The van der Waals surface area contributed by atoms with Crippen molar-refractivity contribution >= 4 is 42.5 Å². The molecule has 1 aromatic heterocycles. The Balaban J connectivity index is 0.00000462. The van der Waals surface area contributed by atoms with E-state index in [-0.39, 0.29) is 25.0 Å². The molecule has 9 heteroatoms. The molecule has 7 nitrogen and oxygen atoms in total. The number of aromatic nitrogens is 1. The molecule has 2 aromatic carbocycles. The van der Waals surface area contributed by atoms with Gasteiger partial charge in [0.2, 0.25) is 0 Å². The zero-order valence-electron chi connectivity index (χ0n) is 23.4. The molecule has 216 valence electrons. The summed E-state index contributed by atoms with van der Waals surface area (Å²) >= 11 is 1.55. The standard InChI is InChI=1S/C32H40N2O5S.Li.H/c1-22-8-6-7-11-25(22)27-18-24(12-14-26(27)31(35)34-28(32(36)37)16-17-40-2)20-38-29(30-19-33-21-39-30)15-13-23-9-4-3-5-10-23;;/h6-8,11-12,14,18-19,21,23,28-29H,3-5,9-10,13,15-17,20H2,1-2H3,(H,34,35)(H,36,37);;. The molecule has 1 aliphatic carbocycles. The first kappa shape index (κ1) is 33.0. The van der Waals surface area contributed by atoms with Gasteiger partial charge >= 0.3 is 24.8 Å². The minimum atomic E-state index is -1.03. The summed E-state index contributed by atoms with van der Waals surface area (Å²) < 4.78 is 12.0. The second-order valence-electron chi connectivity index (χ2n) is 10.6. The molecule has 1 amide bonds. The van der Waals surface area contributed by atoms with E-state index in [0.29, 0.717) is 24.3 Å². The van der Waals surface area contributed by atoms with Gasteiger partial charge in [-0.2, -0.15) is 11.8 Å². The van der Waals surface area contributed by atoms with E-state index in [0.717, 1.165) is 46.8 Å². The van der Waals surface area contributed by atoms with E-state index in [1.165, 1.54) is 38.5 Å². The predicted octanol–water partition coefficient (Wildman–Crippen LogP) is 6.56. The zero-order chi connectivity index (χ0) is 28.3. The van der Waals surface area contributed by atoms with Crippen molar-refractivity contribution in [3.8, 4) is 11.1 Å². The van der Waals surface area contributed by atoms with Crippen LogP contribution in [0.2, 0.25) is 0 Å². The van der Waals surface area contributed by atoms with Crippen molar-refractivity contribution in [1.82, 2.24) is 10.3 Å². The molecule has 2 N–H and O–H groups in total. The van der Waals surface area contributed by atoms with E-state index in [2.05, 4.69) is 10.3 Å². The second kappa shape index (κ2) is 16.8. The summed E-state index contributed by atoms with van der Waals surface area (Å²) in [5.41, 5.74) is 4.07. The van der Waals surface area contributed by atoms with Crippen LogP contribution in [0.15, 0.2) is 59.5 Å². The van der Waals surface area contributed by atoms with Crippen LogP contribution in [-0.4, -0.2) is 58.9 Å². The Kier molecular flexibility index (Phi) is 13.5. The monoisotopic (exact) mass is 572 g/mol. The first-order chi connectivity index (χ1) is 19.5. The van der Waals surface area contributed by atoms with Crippen LogP contribution in [0.3, 0.4) is 0 Å². The zero-order valence-corrected chi connectivity index (χ0v) is 24.3. The van der Waals surface area contributed by atoms with Crippen LogP contribution >= 0.6 is 11.8 Å². The summed E-state index contributed by atoms with van der Waals surface area (Å²) in [6, 6.07) is 12.6. The Labute approximate surface area is 259 Å². The van der Waals surface area contributed by atoms with Crippen LogP contribution in [0.1, 0.15) is 84.7 Å². The van der Waals surface area contributed by atoms with Gasteiger partial charge in [0.1, 0.15) is 12.1 Å². The first-order valence-electron chi connectivity index (χ1n) is 14.2. The van der Waals surface area contributed by atoms with Crippen LogP contribution < -0.4 is 5.32 Å². The van der Waals surface area contributed by atoms with Crippen LogP contribution in [0.25, 0.3) is 11.1 Å². The quantitative estimate of drug-likeness (QED) is 0.211. The number of oxazole rings is 1. The predicted molar refractivity (Wildman–Crippen MR) is 165 cm³/mol. The molecule has 2 atom stereocenters. The van der Waals surface area contributed by atoms with Crippen molar-refractivity contribution in [2.45, 2.75) is 77.0 Å². The summed E-state index contributed by atoms with van der Waals surface area (Å²) in [5, 5.41) is 12.4. The summed E-state index contributed by atoms with van der Waals surface area (Å²) in [5.74, 6) is 0.683. The summed E-state index contributed by atoms with van der Waals surface area (Å²) in [6.45, 7) is 2.35. The molecule has 0 saturated heterocycles. The molecule has 1 saturated carbocycles. The summed E-state index contributed by atoms with van der Waals surface area (Å²) in [7, 11) is 0.